The molecule has 0 fully saturated rings. The first-order chi connectivity index (χ1) is 16.4. The molecule has 4 aromatic rings. The van der Waals surface area contributed by atoms with Gasteiger partial charge in [-0.3, -0.25) is 9.59 Å². The second-order valence-corrected chi connectivity index (χ2v) is 9.24. The summed E-state index contributed by atoms with van der Waals surface area (Å²) in [7, 11) is 0. The molecule has 1 heterocycles. The molecule has 0 bridgehead atoms. The molecule has 3 aromatic carbocycles. The minimum atomic E-state index is -0.219. The Hall–Kier alpha value is -3.42. The van der Waals surface area contributed by atoms with E-state index in [-0.39, 0.29) is 23.9 Å². The van der Waals surface area contributed by atoms with Crippen LogP contribution in [0.1, 0.15) is 43.4 Å². The molecule has 0 N–H and O–H groups in total. The number of fused-ring (bicyclic) bond motifs is 3. The van der Waals surface area contributed by atoms with Gasteiger partial charge in [-0.05, 0) is 54.8 Å². The van der Waals surface area contributed by atoms with E-state index >= 15 is 0 Å². The number of nitrogens with zero attached hydrogens (tertiary/aromatic N) is 2. The summed E-state index contributed by atoms with van der Waals surface area (Å²) in [5.41, 5.74) is 4.57. The van der Waals surface area contributed by atoms with Crippen LogP contribution in [0.5, 0.6) is 0 Å². The lowest BCUT2D eigenvalue weighted by Crippen LogP contribution is -2.16. The van der Waals surface area contributed by atoms with Crippen molar-refractivity contribution in [3.8, 4) is 6.07 Å². The van der Waals surface area contributed by atoms with Crippen LogP contribution in [-0.2, 0) is 29.0 Å². The van der Waals surface area contributed by atoms with Gasteiger partial charge in [0.05, 0.1) is 10.6 Å². The first-order valence-electron chi connectivity index (χ1n) is 11.6. The standard InChI is InChI=1S/C29H27ClN2O2/c1-3-32-27-7-5-4-6-24(27)25-15-20(10-13-28(25)32)14-23(33)12-8-19(2)29(34)17-21-9-11-22(18-31)26(30)16-21/h4-7,9-11,13,15-16,19H,3,8,12,14,17H2,1-2H3. The normalized spacial score (nSPS) is 12.1. The highest BCUT2D eigenvalue weighted by Crippen LogP contribution is 2.30. The van der Waals surface area contributed by atoms with Crippen LogP contribution < -0.4 is 0 Å². The number of carbonyl (C=O) groups is 2. The average molecular weight is 471 g/mol. The topological polar surface area (TPSA) is 62.9 Å². The lowest BCUT2D eigenvalue weighted by atomic mass is 9.93. The highest BCUT2D eigenvalue weighted by Gasteiger charge is 2.17. The molecule has 5 heteroatoms. The maximum absolute atomic E-state index is 12.7. The molecule has 0 aliphatic rings. The van der Waals surface area contributed by atoms with Crippen LogP contribution in [0.25, 0.3) is 21.8 Å². The zero-order valence-corrected chi connectivity index (χ0v) is 20.2. The summed E-state index contributed by atoms with van der Waals surface area (Å²) in [6, 6.07) is 21.7. The van der Waals surface area contributed by atoms with E-state index in [0.717, 1.165) is 17.7 Å². The first-order valence-corrected chi connectivity index (χ1v) is 12.0. The third kappa shape index (κ3) is 4.90. The monoisotopic (exact) mass is 470 g/mol. The smallest absolute Gasteiger partial charge is 0.140 e. The van der Waals surface area contributed by atoms with E-state index < -0.39 is 0 Å². The number of rotatable bonds is 9. The number of aryl methyl sites for hydroxylation is 1. The van der Waals surface area contributed by atoms with Crippen molar-refractivity contribution < 1.29 is 9.59 Å². The molecule has 0 amide bonds. The van der Waals surface area contributed by atoms with Crippen LogP contribution >= 0.6 is 11.6 Å². The van der Waals surface area contributed by atoms with E-state index in [1.807, 2.05) is 25.1 Å². The molecule has 4 rings (SSSR count). The molecule has 0 aliphatic carbocycles. The van der Waals surface area contributed by atoms with Crippen molar-refractivity contribution in [2.75, 3.05) is 0 Å². The molecule has 0 saturated carbocycles. The lowest BCUT2D eigenvalue weighted by molar-refractivity contribution is -0.122. The highest BCUT2D eigenvalue weighted by atomic mass is 35.5. The van der Waals surface area contributed by atoms with Gasteiger partial charge in [0.1, 0.15) is 17.6 Å². The number of nitriles is 1. The Kier molecular flexibility index (Phi) is 7.14. The van der Waals surface area contributed by atoms with Gasteiger partial charge in [-0.15, -0.1) is 0 Å². The van der Waals surface area contributed by atoms with E-state index in [0.29, 0.717) is 29.8 Å². The molecule has 34 heavy (non-hydrogen) atoms. The second kappa shape index (κ2) is 10.2. The quantitative estimate of drug-likeness (QED) is 0.274. The van der Waals surface area contributed by atoms with E-state index in [1.165, 1.54) is 21.8 Å². The lowest BCUT2D eigenvalue weighted by Gasteiger charge is -2.11. The summed E-state index contributed by atoms with van der Waals surface area (Å²) in [6.07, 6.45) is 1.52. The Morgan fingerprint density at radius 2 is 1.68 bits per heavy atom. The molecule has 0 aliphatic heterocycles. The molecule has 1 unspecified atom stereocenters. The fourth-order valence-electron chi connectivity index (χ4n) is 4.54. The van der Waals surface area contributed by atoms with Gasteiger partial charge in [0.2, 0.25) is 0 Å². The zero-order valence-electron chi connectivity index (χ0n) is 19.5. The Balaban J connectivity index is 1.38. The number of ketones is 2. The SMILES string of the molecule is CCn1c2ccccc2c2cc(CC(=O)CCC(C)C(=O)Cc3ccc(C#N)c(Cl)c3)ccc21. The Morgan fingerprint density at radius 1 is 0.971 bits per heavy atom. The van der Waals surface area contributed by atoms with Crippen LogP contribution in [0.4, 0.5) is 0 Å². The maximum Gasteiger partial charge on any atom is 0.140 e. The molecule has 4 nitrogen and oxygen atoms in total. The van der Waals surface area contributed by atoms with Gasteiger partial charge in [-0.1, -0.05) is 48.9 Å². The van der Waals surface area contributed by atoms with Crippen LogP contribution in [0.2, 0.25) is 5.02 Å². The predicted molar refractivity (Wildman–Crippen MR) is 137 cm³/mol. The minimum Gasteiger partial charge on any atom is -0.341 e. The average Bonchev–Trinajstić information content (AvgIpc) is 3.15. The zero-order chi connectivity index (χ0) is 24.2. The molecule has 1 aromatic heterocycles. The highest BCUT2D eigenvalue weighted by molar-refractivity contribution is 6.31. The van der Waals surface area contributed by atoms with Crippen molar-refractivity contribution in [2.45, 2.75) is 46.1 Å². The number of carbonyl (C=O) groups excluding carboxylic acids is 2. The van der Waals surface area contributed by atoms with Crippen molar-refractivity contribution in [1.29, 1.82) is 5.26 Å². The molecule has 0 spiro atoms. The van der Waals surface area contributed by atoms with Crippen molar-refractivity contribution in [3.63, 3.8) is 0 Å². The molecule has 0 radical (unpaired) electrons. The molecule has 0 saturated heterocycles. The van der Waals surface area contributed by atoms with Crippen LogP contribution in [0, 0.1) is 17.2 Å². The molecule has 172 valence electrons. The van der Waals surface area contributed by atoms with Crippen molar-refractivity contribution >= 4 is 45.0 Å². The number of Topliss-reactive ketones (excluding diaryl/α,β-unsaturated/α-hetero) is 2. The van der Waals surface area contributed by atoms with Gasteiger partial charge < -0.3 is 4.57 Å². The third-order valence-electron chi connectivity index (χ3n) is 6.49. The van der Waals surface area contributed by atoms with E-state index in [2.05, 4.69) is 41.8 Å². The van der Waals surface area contributed by atoms with Crippen molar-refractivity contribution in [3.05, 3.63) is 82.4 Å². The molecule has 1 atom stereocenters. The van der Waals surface area contributed by atoms with E-state index in [9.17, 15) is 9.59 Å². The summed E-state index contributed by atoms with van der Waals surface area (Å²) in [5, 5.41) is 11.7. The van der Waals surface area contributed by atoms with Crippen molar-refractivity contribution in [1.82, 2.24) is 4.57 Å². The van der Waals surface area contributed by atoms with Gasteiger partial charge in [-0.25, -0.2) is 0 Å². The summed E-state index contributed by atoms with van der Waals surface area (Å²) >= 11 is 6.07. The molecular weight excluding hydrogens is 444 g/mol. The largest absolute Gasteiger partial charge is 0.341 e. The van der Waals surface area contributed by atoms with Crippen LogP contribution in [-0.4, -0.2) is 16.1 Å². The fraction of sp³-hybridized carbons (Fsp3) is 0.276. The minimum absolute atomic E-state index is 0.0716. The number of halogens is 1. The van der Waals surface area contributed by atoms with Gasteiger partial charge in [-0.2, -0.15) is 5.26 Å². The summed E-state index contributed by atoms with van der Waals surface area (Å²) in [5.74, 6) is -0.00889. The number of aromatic nitrogens is 1. The number of para-hydroxylation sites is 1. The predicted octanol–water partition coefficient (Wildman–Crippen LogP) is 6.68. The summed E-state index contributed by atoms with van der Waals surface area (Å²) in [6.45, 7) is 4.90. The van der Waals surface area contributed by atoms with Gasteiger partial charge >= 0.3 is 0 Å². The first kappa shape index (κ1) is 23.7. The number of benzene rings is 3. The van der Waals surface area contributed by atoms with E-state index in [1.54, 1.807) is 18.2 Å². The summed E-state index contributed by atoms with van der Waals surface area (Å²) < 4.78 is 2.30. The van der Waals surface area contributed by atoms with Gasteiger partial charge in [0, 0.05) is 53.5 Å². The summed E-state index contributed by atoms with van der Waals surface area (Å²) in [4.78, 5) is 25.3. The van der Waals surface area contributed by atoms with Crippen LogP contribution in [0.15, 0.2) is 60.7 Å². The fourth-order valence-corrected chi connectivity index (χ4v) is 4.79. The third-order valence-corrected chi connectivity index (χ3v) is 6.81. The number of hydrogen-bond donors (Lipinski definition) is 0. The maximum atomic E-state index is 12.7. The van der Waals surface area contributed by atoms with Gasteiger partial charge in [0.25, 0.3) is 0 Å². The van der Waals surface area contributed by atoms with Gasteiger partial charge in [0.15, 0.2) is 0 Å². The Morgan fingerprint density at radius 3 is 2.41 bits per heavy atom. The van der Waals surface area contributed by atoms with Crippen LogP contribution in [0.3, 0.4) is 0 Å². The Bertz CT molecular complexity index is 1430. The van der Waals surface area contributed by atoms with Crippen molar-refractivity contribution in [2.24, 2.45) is 5.92 Å². The van der Waals surface area contributed by atoms with E-state index in [4.69, 9.17) is 16.9 Å². The molecular formula is C29H27ClN2O2. The number of hydrogen-bond acceptors (Lipinski definition) is 3. The Labute approximate surface area is 204 Å². The second-order valence-electron chi connectivity index (χ2n) is 8.84.